The van der Waals surface area contributed by atoms with Crippen molar-refractivity contribution >= 4 is 5.91 Å². The minimum Gasteiger partial charge on any atom is -0.342 e. The van der Waals surface area contributed by atoms with Crippen LogP contribution in [0.15, 0.2) is 0 Å². The summed E-state index contributed by atoms with van der Waals surface area (Å²) in [7, 11) is 0. The molecular formula is C10H20N2O. The summed E-state index contributed by atoms with van der Waals surface area (Å²) in [6.07, 6.45) is 3.42. The number of hydrogen-bond donors (Lipinski definition) is 1. The van der Waals surface area contributed by atoms with E-state index < -0.39 is 0 Å². The Kier molecular flexibility index (Phi) is 3.31. The third kappa shape index (κ3) is 2.99. The molecule has 2 N–H and O–H groups in total. The summed E-state index contributed by atoms with van der Waals surface area (Å²) >= 11 is 0. The molecule has 1 heterocycles. The van der Waals surface area contributed by atoms with Gasteiger partial charge >= 0.3 is 0 Å². The molecule has 1 rings (SSSR count). The SMILES string of the molecule is CC1(C)CCCN(C(=O)CN)CC1. The standard InChI is InChI=1S/C10H20N2O/c1-10(2)4-3-6-12(7-5-10)9(13)8-11/h3-8,11H2,1-2H3. The summed E-state index contributed by atoms with van der Waals surface area (Å²) in [4.78, 5) is 13.2. The van der Waals surface area contributed by atoms with Gasteiger partial charge in [0.2, 0.25) is 5.91 Å². The lowest BCUT2D eigenvalue weighted by atomic mass is 9.85. The highest BCUT2D eigenvalue weighted by Gasteiger charge is 2.24. The lowest BCUT2D eigenvalue weighted by molar-refractivity contribution is -0.129. The lowest BCUT2D eigenvalue weighted by Crippen LogP contribution is -2.36. The average Bonchev–Trinajstić information content (AvgIpc) is 2.25. The maximum atomic E-state index is 11.3. The van der Waals surface area contributed by atoms with Crippen LogP contribution in [0.4, 0.5) is 0 Å². The first-order valence-corrected chi connectivity index (χ1v) is 5.03. The molecule has 0 aliphatic carbocycles. The third-order valence-corrected chi connectivity index (χ3v) is 2.87. The van der Waals surface area contributed by atoms with Crippen molar-refractivity contribution in [3.63, 3.8) is 0 Å². The Hall–Kier alpha value is -0.570. The summed E-state index contributed by atoms with van der Waals surface area (Å²) in [5.74, 6) is 0.0951. The number of amides is 1. The van der Waals surface area contributed by atoms with E-state index in [0.717, 1.165) is 25.9 Å². The van der Waals surface area contributed by atoms with Crippen molar-refractivity contribution in [3.05, 3.63) is 0 Å². The van der Waals surface area contributed by atoms with Gasteiger partial charge in [0.15, 0.2) is 0 Å². The molecule has 0 atom stereocenters. The summed E-state index contributed by atoms with van der Waals surface area (Å²) in [6, 6.07) is 0. The van der Waals surface area contributed by atoms with Crippen molar-refractivity contribution < 1.29 is 4.79 Å². The molecule has 0 radical (unpaired) electrons. The van der Waals surface area contributed by atoms with Gasteiger partial charge < -0.3 is 10.6 Å². The Balaban J connectivity index is 2.49. The fraction of sp³-hybridized carbons (Fsp3) is 0.900. The summed E-state index contributed by atoms with van der Waals surface area (Å²) in [5, 5.41) is 0. The predicted octanol–water partition coefficient (Wildman–Crippen LogP) is 0.984. The Bertz CT molecular complexity index is 189. The van der Waals surface area contributed by atoms with Gasteiger partial charge in [-0.3, -0.25) is 4.79 Å². The van der Waals surface area contributed by atoms with Crippen LogP contribution in [0.5, 0.6) is 0 Å². The molecule has 1 fully saturated rings. The number of carbonyl (C=O) groups is 1. The van der Waals surface area contributed by atoms with E-state index in [-0.39, 0.29) is 12.5 Å². The van der Waals surface area contributed by atoms with Crippen molar-refractivity contribution in [2.24, 2.45) is 11.1 Å². The van der Waals surface area contributed by atoms with Crippen molar-refractivity contribution in [3.8, 4) is 0 Å². The van der Waals surface area contributed by atoms with Crippen LogP contribution in [0.25, 0.3) is 0 Å². The first kappa shape index (κ1) is 10.5. The van der Waals surface area contributed by atoms with Crippen LogP contribution in [0.1, 0.15) is 33.1 Å². The van der Waals surface area contributed by atoms with Gasteiger partial charge in [0.25, 0.3) is 0 Å². The topological polar surface area (TPSA) is 46.3 Å². The van der Waals surface area contributed by atoms with E-state index in [2.05, 4.69) is 13.8 Å². The maximum absolute atomic E-state index is 11.3. The number of rotatable bonds is 1. The van der Waals surface area contributed by atoms with E-state index >= 15 is 0 Å². The maximum Gasteiger partial charge on any atom is 0.236 e. The number of nitrogens with zero attached hydrogens (tertiary/aromatic N) is 1. The Morgan fingerprint density at radius 3 is 2.69 bits per heavy atom. The van der Waals surface area contributed by atoms with Gasteiger partial charge in [-0.1, -0.05) is 13.8 Å². The molecule has 0 saturated carbocycles. The van der Waals surface area contributed by atoms with Crippen molar-refractivity contribution in [2.45, 2.75) is 33.1 Å². The van der Waals surface area contributed by atoms with Crippen LogP contribution in [-0.2, 0) is 4.79 Å². The molecule has 0 bridgehead atoms. The monoisotopic (exact) mass is 184 g/mol. The molecule has 1 aliphatic heterocycles. The van der Waals surface area contributed by atoms with Crippen LogP contribution in [0.2, 0.25) is 0 Å². The molecule has 13 heavy (non-hydrogen) atoms. The second-order valence-electron chi connectivity index (χ2n) is 4.60. The van der Waals surface area contributed by atoms with Gasteiger partial charge in [0.1, 0.15) is 0 Å². The summed E-state index contributed by atoms with van der Waals surface area (Å²) in [5.41, 5.74) is 5.72. The van der Waals surface area contributed by atoms with Crippen LogP contribution >= 0.6 is 0 Å². The zero-order valence-electron chi connectivity index (χ0n) is 8.68. The second kappa shape index (κ2) is 4.09. The van der Waals surface area contributed by atoms with Gasteiger partial charge in [-0.15, -0.1) is 0 Å². The van der Waals surface area contributed by atoms with Gasteiger partial charge in [0, 0.05) is 13.1 Å². The highest BCUT2D eigenvalue weighted by atomic mass is 16.2. The van der Waals surface area contributed by atoms with E-state index in [1.807, 2.05) is 4.90 Å². The van der Waals surface area contributed by atoms with Gasteiger partial charge in [-0.05, 0) is 24.7 Å². The quantitative estimate of drug-likeness (QED) is 0.660. The largest absolute Gasteiger partial charge is 0.342 e. The number of carbonyl (C=O) groups excluding carboxylic acids is 1. The molecule has 1 saturated heterocycles. The average molecular weight is 184 g/mol. The van der Waals surface area contributed by atoms with Crippen LogP contribution in [0.3, 0.4) is 0 Å². The van der Waals surface area contributed by atoms with E-state index in [1.54, 1.807) is 0 Å². The molecular weight excluding hydrogens is 164 g/mol. The molecule has 0 spiro atoms. The zero-order valence-corrected chi connectivity index (χ0v) is 8.68. The van der Waals surface area contributed by atoms with E-state index in [9.17, 15) is 4.79 Å². The second-order valence-corrected chi connectivity index (χ2v) is 4.60. The first-order valence-electron chi connectivity index (χ1n) is 5.03. The highest BCUT2D eigenvalue weighted by molar-refractivity contribution is 5.78. The summed E-state index contributed by atoms with van der Waals surface area (Å²) < 4.78 is 0. The molecule has 0 aromatic carbocycles. The lowest BCUT2D eigenvalue weighted by Gasteiger charge is -2.23. The molecule has 76 valence electrons. The van der Waals surface area contributed by atoms with Crippen LogP contribution in [0, 0.1) is 5.41 Å². The molecule has 3 nitrogen and oxygen atoms in total. The van der Waals surface area contributed by atoms with Crippen LogP contribution < -0.4 is 5.73 Å². The minimum absolute atomic E-state index is 0.0951. The Morgan fingerprint density at radius 1 is 1.38 bits per heavy atom. The Morgan fingerprint density at radius 2 is 2.08 bits per heavy atom. The Labute approximate surface area is 80.3 Å². The van der Waals surface area contributed by atoms with Crippen LogP contribution in [-0.4, -0.2) is 30.4 Å². The van der Waals surface area contributed by atoms with E-state index in [1.165, 1.54) is 6.42 Å². The van der Waals surface area contributed by atoms with Crippen molar-refractivity contribution in [1.82, 2.24) is 4.90 Å². The number of hydrogen-bond acceptors (Lipinski definition) is 2. The molecule has 1 amide bonds. The fourth-order valence-electron chi connectivity index (χ4n) is 1.80. The normalized spacial score (nSPS) is 22.5. The smallest absolute Gasteiger partial charge is 0.236 e. The van der Waals surface area contributed by atoms with Crippen molar-refractivity contribution in [1.29, 1.82) is 0 Å². The predicted molar refractivity (Wildman–Crippen MR) is 53.3 cm³/mol. The molecule has 1 aliphatic rings. The third-order valence-electron chi connectivity index (χ3n) is 2.87. The highest BCUT2D eigenvalue weighted by Crippen LogP contribution is 2.29. The van der Waals surface area contributed by atoms with Crippen molar-refractivity contribution in [2.75, 3.05) is 19.6 Å². The molecule has 0 unspecified atom stereocenters. The minimum atomic E-state index is 0.0951. The molecule has 0 aromatic heterocycles. The molecule has 0 aromatic rings. The zero-order chi connectivity index (χ0) is 9.90. The van der Waals surface area contributed by atoms with E-state index in [0.29, 0.717) is 5.41 Å². The van der Waals surface area contributed by atoms with Gasteiger partial charge in [-0.2, -0.15) is 0 Å². The van der Waals surface area contributed by atoms with E-state index in [4.69, 9.17) is 5.73 Å². The summed E-state index contributed by atoms with van der Waals surface area (Å²) in [6.45, 7) is 6.45. The van der Waals surface area contributed by atoms with Gasteiger partial charge in [0.05, 0.1) is 6.54 Å². The van der Waals surface area contributed by atoms with Gasteiger partial charge in [-0.25, -0.2) is 0 Å². The fourth-order valence-corrected chi connectivity index (χ4v) is 1.80. The molecule has 3 heteroatoms. The number of likely N-dealkylation sites (tertiary alicyclic amines) is 1. The number of nitrogens with two attached hydrogens (primary N) is 1. The first-order chi connectivity index (χ1) is 6.05.